The van der Waals surface area contributed by atoms with Gasteiger partial charge in [-0.25, -0.2) is 14.8 Å². The van der Waals surface area contributed by atoms with Gasteiger partial charge in [0.2, 0.25) is 0 Å². The van der Waals surface area contributed by atoms with Gasteiger partial charge in [0.15, 0.2) is 0 Å². The van der Waals surface area contributed by atoms with Crippen LogP contribution in [0.25, 0.3) is 21.8 Å². The van der Waals surface area contributed by atoms with E-state index in [2.05, 4.69) is 19.9 Å². The van der Waals surface area contributed by atoms with Crippen LogP contribution in [0.15, 0.2) is 52.4 Å². The van der Waals surface area contributed by atoms with Crippen molar-refractivity contribution in [1.29, 1.82) is 0 Å². The number of aromatic amines is 1. The van der Waals surface area contributed by atoms with Crippen LogP contribution in [0.1, 0.15) is 24.3 Å². The highest BCUT2D eigenvalue weighted by Gasteiger charge is 2.40. The lowest BCUT2D eigenvalue weighted by Gasteiger charge is -2.29. The van der Waals surface area contributed by atoms with Crippen LogP contribution < -0.4 is 20.7 Å². The van der Waals surface area contributed by atoms with E-state index in [1.165, 1.54) is 16.5 Å². The summed E-state index contributed by atoms with van der Waals surface area (Å²) >= 11 is 0. The molecule has 0 radical (unpaired) electrons. The van der Waals surface area contributed by atoms with Gasteiger partial charge < -0.3 is 19.4 Å². The molecule has 4 aromatic rings. The number of nitrogens with one attached hydrogen (secondary N) is 1. The van der Waals surface area contributed by atoms with Crippen molar-refractivity contribution in [2.45, 2.75) is 25.3 Å². The maximum absolute atomic E-state index is 13.1. The summed E-state index contributed by atoms with van der Waals surface area (Å²) in [6.45, 7) is 3.97. The first-order chi connectivity index (χ1) is 17.1. The zero-order valence-electron chi connectivity index (χ0n) is 19.6. The van der Waals surface area contributed by atoms with Gasteiger partial charge in [-0.3, -0.25) is 9.36 Å². The first kappa shape index (κ1) is 21.8. The Kier molecular flexibility index (Phi) is 5.49. The molecule has 0 spiro atoms. The number of methoxy groups -OCH3 is 1. The highest BCUT2D eigenvalue weighted by molar-refractivity contribution is 6.02. The van der Waals surface area contributed by atoms with Crippen LogP contribution in [-0.2, 0) is 6.54 Å². The predicted octanol–water partition coefficient (Wildman–Crippen LogP) is 2.53. The van der Waals surface area contributed by atoms with Gasteiger partial charge in [-0.05, 0) is 43.7 Å². The second-order valence-corrected chi connectivity index (χ2v) is 9.35. The van der Waals surface area contributed by atoms with E-state index in [0.29, 0.717) is 40.2 Å². The fraction of sp³-hybridized carbons (Fsp3) is 0.385. The molecule has 1 N–H and O–H groups in total. The molecule has 4 heterocycles. The number of ether oxygens (including phenoxy) is 2. The quantitative estimate of drug-likeness (QED) is 0.339. The molecule has 0 saturated carbocycles. The van der Waals surface area contributed by atoms with Gasteiger partial charge in [-0.1, -0.05) is 6.07 Å². The molecule has 2 aliphatic heterocycles. The Morgan fingerprint density at radius 3 is 2.89 bits per heavy atom. The van der Waals surface area contributed by atoms with Gasteiger partial charge in [-0.15, -0.1) is 0 Å². The van der Waals surface area contributed by atoms with Gasteiger partial charge in [0.25, 0.3) is 5.56 Å². The molecule has 2 aromatic heterocycles. The number of benzene rings is 2. The number of fused-ring (bicyclic) bond motifs is 6. The first-order valence-corrected chi connectivity index (χ1v) is 12.0. The minimum absolute atomic E-state index is 0.275. The van der Waals surface area contributed by atoms with E-state index in [1.54, 1.807) is 25.4 Å². The highest BCUT2D eigenvalue weighted by Crippen LogP contribution is 2.46. The summed E-state index contributed by atoms with van der Waals surface area (Å²) in [5, 5.41) is 1.15. The van der Waals surface area contributed by atoms with Gasteiger partial charge >= 0.3 is 5.69 Å². The predicted molar refractivity (Wildman–Crippen MR) is 132 cm³/mol. The van der Waals surface area contributed by atoms with Crippen molar-refractivity contribution in [3.05, 3.63) is 69.3 Å². The molecule has 35 heavy (non-hydrogen) atoms. The van der Waals surface area contributed by atoms with E-state index >= 15 is 0 Å². The van der Waals surface area contributed by atoms with E-state index in [1.807, 2.05) is 18.2 Å². The van der Waals surface area contributed by atoms with Gasteiger partial charge in [0.1, 0.15) is 17.8 Å². The summed E-state index contributed by atoms with van der Waals surface area (Å²) < 4.78 is 12.9. The number of H-pyrrole nitrogens is 1. The van der Waals surface area contributed by atoms with Crippen LogP contribution in [0.2, 0.25) is 0 Å². The molecular weight excluding hydrogens is 446 g/mol. The average Bonchev–Trinajstić information content (AvgIpc) is 3.31. The van der Waals surface area contributed by atoms with E-state index in [4.69, 9.17) is 9.47 Å². The van der Waals surface area contributed by atoms with Crippen molar-refractivity contribution in [2.75, 3.05) is 33.4 Å². The number of hydrogen-bond donors (Lipinski definition) is 1. The summed E-state index contributed by atoms with van der Waals surface area (Å²) in [5.41, 5.74) is 1.69. The molecule has 180 valence electrons. The Morgan fingerprint density at radius 1 is 1.11 bits per heavy atom. The molecule has 1 saturated heterocycles. The van der Waals surface area contributed by atoms with Crippen LogP contribution in [0.5, 0.6) is 11.5 Å². The summed E-state index contributed by atoms with van der Waals surface area (Å²) in [6, 6.07) is 9.50. The molecule has 9 nitrogen and oxygen atoms in total. The van der Waals surface area contributed by atoms with Crippen LogP contribution in [0, 0.1) is 5.92 Å². The summed E-state index contributed by atoms with van der Waals surface area (Å²) in [5.74, 6) is 2.68. The van der Waals surface area contributed by atoms with Gasteiger partial charge in [0.05, 0.1) is 30.1 Å². The molecule has 0 unspecified atom stereocenters. The second-order valence-electron chi connectivity index (χ2n) is 9.35. The molecule has 2 atom stereocenters. The Morgan fingerprint density at radius 2 is 2.00 bits per heavy atom. The fourth-order valence-electron chi connectivity index (χ4n) is 5.62. The Balaban J connectivity index is 1.13. The summed E-state index contributed by atoms with van der Waals surface area (Å²) in [7, 11) is 1.71. The molecule has 0 aliphatic carbocycles. The van der Waals surface area contributed by atoms with Crippen molar-refractivity contribution in [2.24, 2.45) is 5.92 Å². The smallest absolute Gasteiger partial charge is 0.328 e. The lowest BCUT2D eigenvalue weighted by atomic mass is 9.86. The van der Waals surface area contributed by atoms with Gasteiger partial charge in [-0.2, -0.15) is 0 Å². The normalized spacial score (nSPS) is 19.5. The van der Waals surface area contributed by atoms with Crippen molar-refractivity contribution < 1.29 is 9.47 Å². The van der Waals surface area contributed by atoms with Crippen LogP contribution in [0.4, 0.5) is 0 Å². The van der Waals surface area contributed by atoms with Crippen LogP contribution >= 0.6 is 0 Å². The number of rotatable bonds is 6. The minimum atomic E-state index is -0.396. The Hall–Kier alpha value is -3.72. The fourth-order valence-corrected chi connectivity index (χ4v) is 5.62. The Bertz CT molecular complexity index is 1510. The molecule has 6 rings (SSSR count). The lowest BCUT2D eigenvalue weighted by Crippen LogP contribution is -2.35. The summed E-state index contributed by atoms with van der Waals surface area (Å²) in [6.07, 6.45) is 4.71. The monoisotopic (exact) mass is 473 g/mol. The highest BCUT2D eigenvalue weighted by atomic mass is 16.5. The number of aromatic nitrogens is 4. The standard InChI is InChI=1S/C26H27N5O4/c1-34-21-5-4-6-22-23(21)19-13-30(12-16(19)14-35-22)9-2-3-10-31-25(32)17-7-8-20-18(11-27-15-28-20)24(17)29-26(31)33/h4-8,11,15-16,19H,2-3,9-10,12-14H2,1H3,(H,29,33)/t16-,19-/m1/s1. The maximum atomic E-state index is 13.1. The third-order valence-corrected chi connectivity index (χ3v) is 7.33. The van der Waals surface area contributed by atoms with Crippen molar-refractivity contribution in [1.82, 2.24) is 24.4 Å². The molecule has 0 bridgehead atoms. The number of nitrogens with zero attached hydrogens (tertiary/aromatic N) is 4. The zero-order valence-corrected chi connectivity index (χ0v) is 19.6. The largest absolute Gasteiger partial charge is 0.496 e. The van der Waals surface area contributed by atoms with E-state index < -0.39 is 5.69 Å². The molecule has 0 amide bonds. The van der Waals surface area contributed by atoms with Crippen LogP contribution in [-0.4, -0.2) is 57.8 Å². The Labute approximate surface area is 201 Å². The molecule has 2 aliphatic rings. The maximum Gasteiger partial charge on any atom is 0.328 e. The van der Waals surface area contributed by atoms with Gasteiger partial charge in [0, 0.05) is 48.6 Å². The molecule has 2 aromatic carbocycles. The number of hydrogen-bond acceptors (Lipinski definition) is 7. The SMILES string of the molecule is COc1cccc2c1[C@@H]1CN(CCCCn3c(=O)[nH]c4c(ccc5ncncc54)c3=O)C[C@@H]1CO2. The lowest BCUT2D eigenvalue weighted by molar-refractivity contribution is 0.209. The minimum Gasteiger partial charge on any atom is -0.496 e. The van der Waals surface area contributed by atoms with Crippen LogP contribution in [0.3, 0.4) is 0 Å². The zero-order chi connectivity index (χ0) is 23.9. The number of unbranched alkanes of at least 4 members (excludes halogenated alkanes) is 1. The molecule has 1 fully saturated rings. The molecule has 9 heteroatoms. The van der Waals surface area contributed by atoms with Crippen molar-refractivity contribution in [3.63, 3.8) is 0 Å². The average molecular weight is 474 g/mol. The first-order valence-electron chi connectivity index (χ1n) is 12.0. The second kappa shape index (κ2) is 8.81. The third-order valence-electron chi connectivity index (χ3n) is 7.33. The van der Waals surface area contributed by atoms with E-state index in [9.17, 15) is 9.59 Å². The molecular formula is C26H27N5O4. The van der Waals surface area contributed by atoms with Crippen molar-refractivity contribution in [3.8, 4) is 11.5 Å². The van der Waals surface area contributed by atoms with E-state index in [-0.39, 0.29) is 5.56 Å². The summed E-state index contributed by atoms with van der Waals surface area (Å²) in [4.78, 5) is 39.3. The number of likely N-dealkylation sites (tertiary alicyclic amines) is 1. The third kappa shape index (κ3) is 3.76. The topological polar surface area (TPSA) is 102 Å². The van der Waals surface area contributed by atoms with Crippen molar-refractivity contribution >= 4 is 21.8 Å². The van der Waals surface area contributed by atoms with E-state index in [0.717, 1.165) is 50.6 Å².